The van der Waals surface area contributed by atoms with E-state index < -0.39 is 0 Å². The van der Waals surface area contributed by atoms with Crippen LogP contribution in [0.25, 0.3) is 122 Å². The Balaban J connectivity index is 0.928. The van der Waals surface area contributed by atoms with Crippen LogP contribution in [-0.2, 0) is 0 Å². The highest BCUT2D eigenvalue weighted by Gasteiger charge is 2.19. The summed E-state index contributed by atoms with van der Waals surface area (Å²) in [4.78, 5) is 10.6. The summed E-state index contributed by atoms with van der Waals surface area (Å²) in [5.41, 5.74) is 15.6. The van der Waals surface area contributed by atoms with E-state index in [1.54, 1.807) is 0 Å². The van der Waals surface area contributed by atoms with Gasteiger partial charge in [0.15, 0.2) is 0 Å². The first-order valence-electron chi connectivity index (χ1n) is 21.8. The highest BCUT2D eigenvalue weighted by atomic mass is 15.2. The van der Waals surface area contributed by atoms with Gasteiger partial charge in [-0.25, -0.2) is 9.97 Å². The van der Waals surface area contributed by atoms with E-state index in [0.29, 0.717) is 5.95 Å². The van der Waals surface area contributed by atoms with E-state index in [2.05, 4.69) is 240 Å². The van der Waals surface area contributed by atoms with Gasteiger partial charge in [0.2, 0.25) is 5.95 Å². The lowest BCUT2D eigenvalue weighted by molar-refractivity contribution is 1.01. The van der Waals surface area contributed by atoms with Crippen LogP contribution in [0.1, 0.15) is 0 Å². The molecule has 298 valence electrons. The standard InChI is InChI=1S/C60H38N4/c1-2-12-39(13-3-1)41-22-25-43(26-23-41)59-52-18-6-9-19-54(52)61-60(62-59)64-56-21-11-8-17-50(56)53-37-46(31-35-57(53)64)47-30-34-51-49-16-7-10-20-55(49)63(58(51)38-47)48-32-28-42(29-33-48)45-27-24-40-14-4-5-15-44(40)36-45/h1-38H. The van der Waals surface area contributed by atoms with Crippen LogP contribution in [0.3, 0.4) is 0 Å². The lowest BCUT2D eigenvalue weighted by Gasteiger charge is -2.12. The maximum Gasteiger partial charge on any atom is 0.235 e. The molecule has 3 heterocycles. The lowest BCUT2D eigenvalue weighted by Crippen LogP contribution is -2.03. The molecule has 3 aromatic heterocycles. The van der Waals surface area contributed by atoms with Crippen molar-refractivity contribution in [3.63, 3.8) is 0 Å². The Bertz CT molecular complexity index is 3930. The predicted molar refractivity (Wildman–Crippen MR) is 267 cm³/mol. The third kappa shape index (κ3) is 5.84. The highest BCUT2D eigenvalue weighted by Crippen LogP contribution is 2.39. The number of rotatable bonds is 6. The van der Waals surface area contributed by atoms with Gasteiger partial charge in [-0.05, 0) is 98.8 Å². The van der Waals surface area contributed by atoms with Crippen LogP contribution in [0.15, 0.2) is 231 Å². The Labute approximate surface area is 369 Å². The van der Waals surface area contributed by atoms with Crippen molar-refractivity contribution in [2.45, 2.75) is 0 Å². The van der Waals surface area contributed by atoms with Crippen molar-refractivity contribution < 1.29 is 0 Å². The molecule has 0 fully saturated rings. The number of hydrogen-bond donors (Lipinski definition) is 0. The molecule has 4 nitrogen and oxygen atoms in total. The second-order valence-corrected chi connectivity index (χ2v) is 16.6. The molecule has 0 bridgehead atoms. The van der Waals surface area contributed by atoms with E-state index >= 15 is 0 Å². The first-order valence-corrected chi connectivity index (χ1v) is 21.8. The Morgan fingerprint density at radius 2 is 0.781 bits per heavy atom. The van der Waals surface area contributed by atoms with Gasteiger partial charge in [-0.15, -0.1) is 0 Å². The summed E-state index contributed by atoms with van der Waals surface area (Å²) in [7, 11) is 0. The number of benzene rings is 10. The van der Waals surface area contributed by atoms with Gasteiger partial charge in [0, 0.05) is 38.2 Å². The molecule has 4 heteroatoms. The van der Waals surface area contributed by atoms with Gasteiger partial charge in [0.05, 0.1) is 33.3 Å². The quantitative estimate of drug-likeness (QED) is 0.168. The van der Waals surface area contributed by atoms with E-state index in [4.69, 9.17) is 9.97 Å². The summed E-state index contributed by atoms with van der Waals surface area (Å²) in [5, 5.41) is 8.31. The van der Waals surface area contributed by atoms with Gasteiger partial charge in [0.1, 0.15) is 0 Å². The molecule has 0 unspecified atom stereocenters. The minimum atomic E-state index is 0.650. The third-order valence-electron chi connectivity index (χ3n) is 12.9. The van der Waals surface area contributed by atoms with Gasteiger partial charge in [-0.3, -0.25) is 4.57 Å². The van der Waals surface area contributed by atoms with E-state index in [0.717, 1.165) is 60.8 Å². The van der Waals surface area contributed by atoms with E-state index in [9.17, 15) is 0 Å². The topological polar surface area (TPSA) is 35.6 Å². The zero-order valence-corrected chi connectivity index (χ0v) is 34.7. The van der Waals surface area contributed by atoms with Crippen molar-refractivity contribution in [1.82, 2.24) is 19.1 Å². The molecule has 0 saturated heterocycles. The van der Waals surface area contributed by atoms with Crippen molar-refractivity contribution in [2.75, 3.05) is 0 Å². The van der Waals surface area contributed by atoms with Gasteiger partial charge < -0.3 is 4.57 Å². The number of para-hydroxylation sites is 3. The number of hydrogen-bond acceptors (Lipinski definition) is 2. The van der Waals surface area contributed by atoms with Crippen molar-refractivity contribution in [2.24, 2.45) is 0 Å². The summed E-state index contributed by atoms with van der Waals surface area (Å²) < 4.78 is 4.64. The van der Waals surface area contributed by atoms with Crippen LogP contribution in [0, 0.1) is 0 Å². The van der Waals surface area contributed by atoms with Gasteiger partial charge in [-0.1, -0.05) is 176 Å². The van der Waals surface area contributed by atoms with E-state index in [-0.39, 0.29) is 0 Å². The fraction of sp³-hybridized carbons (Fsp3) is 0. The fourth-order valence-electron chi connectivity index (χ4n) is 9.80. The number of fused-ring (bicyclic) bond motifs is 8. The molecule has 0 aliphatic rings. The molecule has 10 aromatic carbocycles. The smallest absolute Gasteiger partial charge is 0.235 e. The monoisotopic (exact) mass is 814 g/mol. The molecule has 13 aromatic rings. The van der Waals surface area contributed by atoms with Crippen LogP contribution < -0.4 is 0 Å². The second kappa shape index (κ2) is 14.5. The van der Waals surface area contributed by atoms with E-state index in [1.807, 2.05) is 0 Å². The maximum absolute atomic E-state index is 5.37. The van der Waals surface area contributed by atoms with Crippen molar-refractivity contribution in [3.8, 4) is 56.3 Å². The van der Waals surface area contributed by atoms with Crippen molar-refractivity contribution in [3.05, 3.63) is 231 Å². The fourth-order valence-corrected chi connectivity index (χ4v) is 9.80. The van der Waals surface area contributed by atoms with Gasteiger partial charge in [-0.2, -0.15) is 0 Å². The Morgan fingerprint density at radius 3 is 1.59 bits per heavy atom. The molecular weight excluding hydrogens is 777 g/mol. The van der Waals surface area contributed by atoms with E-state index in [1.165, 1.54) is 54.8 Å². The normalized spacial score (nSPS) is 11.8. The molecule has 0 radical (unpaired) electrons. The molecular formula is C60H38N4. The average Bonchev–Trinajstić information content (AvgIpc) is 3.88. The summed E-state index contributed by atoms with van der Waals surface area (Å²) in [6.45, 7) is 0. The minimum Gasteiger partial charge on any atom is -0.309 e. The summed E-state index contributed by atoms with van der Waals surface area (Å²) >= 11 is 0. The van der Waals surface area contributed by atoms with Gasteiger partial charge >= 0.3 is 0 Å². The highest BCUT2D eigenvalue weighted by molar-refractivity contribution is 6.12. The minimum absolute atomic E-state index is 0.650. The first kappa shape index (κ1) is 36.1. The molecule has 64 heavy (non-hydrogen) atoms. The molecule has 0 aliphatic carbocycles. The molecule has 0 atom stereocenters. The van der Waals surface area contributed by atoms with Crippen LogP contribution in [-0.4, -0.2) is 19.1 Å². The molecule has 0 spiro atoms. The van der Waals surface area contributed by atoms with Crippen LogP contribution in [0.5, 0.6) is 0 Å². The first-order chi connectivity index (χ1) is 31.7. The summed E-state index contributed by atoms with van der Waals surface area (Å²) in [6, 6.07) is 82.9. The third-order valence-corrected chi connectivity index (χ3v) is 12.9. The molecule has 0 N–H and O–H groups in total. The lowest BCUT2D eigenvalue weighted by atomic mass is 10.0. The molecule has 0 aliphatic heterocycles. The zero-order chi connectivity index (χ0) is 42.1. The van der Waals surface area contributed by atoms with Crippen LogP contribution in [0.2, 0.25) is 0 Å². The van der Waals surface area contributed by atoms with Crippen molar-refractivity contribution in [1.29, 1.82) is 0 Å². The Hall–Kier alpha value is -8.60. The second-order valence-electron chi connectivity index (χ2n) is 16.6. The SMILES string of the molecule is c1ccc(-c2ccc(-c3nc(-n4c5ccccc5c5cc(-c6ccc7c8ccccc8n(-c8ccc(-c9ccc%10ccccc%10c9)cc8)c7c6)ccc54)nc4ccccc34)cc2)cc1. The van der Waals surface area contributed by atoms with Crippen molar-refractivity contribution >= 4 is 65.3 Å². The summed E-state index contributed by atoms with van der Waals surface area (Å²) in [5.74, 6) is 0.650. The average molecular weight is 815 g/mol. The Morgan fingerprint density at radius 1 is 0.266 bits per heavy atom. The zero-order valence-electron chi connectivity index (χ0n) is 34.7. The summed E-state index contributed by atoms with van der Waals surface area (Å²) in [6.07, 6.45) is 0. The predicted octanol–water partition coefficient (Wildman–Crippen LogP) is 15.6. The van der Waals surface area contributed by atoms with Crippen LogP contribution >= 0.6 is 0 Å². The largest absolute Gasteiger partial charge is 0.309 e. The number of aromatic nitrogens is 4. The number of nitrogens with zero attached hydrogens (tertiary/aromatic N) is 4. The van der Waals surface area contributed by atoms with Crippen LogP contribution in [0.4, 0.5) is 0 Å². The van der Waals surface area contributed by atoms with Gasteiger partial charge in [0.25, 0.3) is 0 Å². The molecule has 0 amide bonds. The molecule has 13 rings (SSSR count). The maximum atomic E-state index is 5.37. The molecule has 0 saturated carbocycles. The Kier molecular flexibility index (Phi) is 8.18.